The summed E-state index contributed by atoms with van der Waals surface area (Å²) >= 11 is 0. The van der Waals surface area contributed by atoms with Crippen molar-refractivity contribution in [3.63, 3.8) is 0 Å². The number of rotatable bonds is 6. The van der Waals surface area contributed by atoms with E-state index in [1.165, 1.54) is 5.56 Å². The number of benzene rings is 1. The Labute approximate surface area is 141 Å². The van der Waals surface area contributed by atoms with Crippen LogP contribution >= 0.6 is 0 Å². The Morgan fingerprint density at radius 3 is 2.92 bits per heavy atom. The van der Waals surface area contributed by atoms with E-state index in [2.05, 4.69) is 27.6 Å². The first kappa shape index (κ1) is 16.2. The lowest BCUT2D eigenvalue weighted by atomic mass is 10.2. The fourth-order valence-electron chi connectivity index (χ4n) is 2.48. The van der Waals surface area contributed by atoms with E-state index in [-0.39, 0.29) is 0 Å². The largest absolute Gasteiger partial charge is 0.454 e. The van der Waals surface area contributed by atoms with Crippen LogP contribution in [0.5, 0.6) is 11.5 Å². The second kappa shape index (κ2) is 7.72. The number of aryl methyl sites for hydroxylation is 1. The van der Waals surface area contributed by atoms with Gasteiger partial charge in [0.1, 0.15) is 0 Å². The van der Waals surface area contributed by atoms with Crippen molar-refractivity contribution >= 4 is 5.96 Å². The molecule has 1 aliphatic rings. The van der Waals surface area contributed by atoms with Crippen LogP contribution in [-0.2, 0) is 20.0 Å². The molecule has 0 saturated carbocycles. The van der Waals surface area contributed by atoms with Gasteiger partial charge in [0.15, 0.2) is 17.5 Å². The fourth-order valence-corrected chi connectivity index (χ4v) is 2.48. The van der Waals surface area contributed by atoms with Gasteiger partial charge in [-0.2, -0.15) is 5.10 Å². The van der Waals surface area contributed by atoms with Gasteiger partial charge >= 0.3 is 0 Å². The number of ether oxygens (including phenoxy) is 2. The van der Waals surface area contributed by atoms with Crippen LogP contribution in [0.4, 0.5) is 0 Å². The van der Waals surface area contributed by atoms with E-state index in [1.54, 1.807) is 0 Å². The Bertz CT molecular complexity index is 711. The fraction of sp³-hybridized carbons (Fsp3) is 0.412. The highest BCUT2D eigenvalue weighted by atomic mass is 16.7. The van der Waals surface area contributed by atoms with Gasteiger partial charge in [-0.1, -0.05) is 6.07 Å². The van der Waals surface area contributed by atoms with Crippen molar-refractivity contribution in [3.05, 3.63) is 41.7 Å². The maximum atomic E-state index is 5.40. The van der Waals surface area contributed by atoms with Gasteiger partial charge < -0.3 is 20.1 Å². The van der Waals surface area contributed by atoms with Gasteiger partial charge in [-0.05, 0) is 36.6 Å². The number of aromatic nitrogens is 2. The van der Waals surface area contributed by atoms with E-state index in [9.17, 15) is 0 Å². The third-order valence-electron chi connectivity index (χ3n) is 3.67. The SMILES string of the molecule is CCNC(=NCc1ccc2c(c1)OCO2)NCCc1cnn(C)c1. The number of nitrogens with zero attached hydrogens (tertiary/aromatic N) is 3. The van der Waals surface area contributed by atoms with Crippen molar-refractivity contribution in [2.75, 3.05) is 19.9 Å². The van der Waals surface area contributed by atoms with Gasteiger partial charge in [-0.25, -0.2) is 4.99 Å². The Kier molecular flexibility index (Phi) is 5.20. The quantitative estimate of drug-likeness (QED) is 0.620. The molecule has 7 nitrogen and oxygen atoms in total. The molecule has 0 aliphatic carbocycles. The molecule has 0 unspecified atom stereocenters. The zero-order valence-electron chi connectivity index (χ0n) is 14.1. The third-order valence-corrected chi connectivity index (χ3v) is 3.67. The predicted molar refractivity (Wildman–Crippen MR) is 92.3 cm³/mol. The van der Waals surface area contributed by atoms with Crippen molar-refractivity contribution in [1.29, 1.82) is 0 Å². The molecule has 0 spiro atoms. The summed E-state index contributed by atoms with van der Waals surface area (Å²) in [6.45, 7) is 4.55. The van der Waals surface area contributed by atoms with E-state index in [0.717, 1.165) is 42.5 Å². The molecule has 7 heteroatoms. The second-order valence-corrected chi connectivity index (χ2v) is 5.58. The lowest BCUT2D eigenvalue weighted by Crippen LogP contribution is -2.38. The molecule has 0 atom stereocenters. The lowest BCUT2D eigenvalue weighted by Gasteiger charge is -2.11. The molecule has 0 bridgehead atoms. The summed E-state index contributed by atoms with van der Waals surface area (Å²) in [4.78, 5) is 4.62. The van der Waals surface area contributed by atoms with E-state index < -0.39 is 0 Å². The van der Waals surface area contributed by atoms with Crippen LogP contribution in [0, 0.1) is 0 Å². The molecule has 0 saturated heterocycles. The van der Waals surface area contributed by atoms with E-state index in [1.807, 2.05) is 42.3 Å². The maximum Gasteiger partial charge on any atom is 0.231 e. The summed E-state index contributed by atoms with van der Waals surface area (Å²) in [5.41, 5.74) is 2.29. The van der Waals surface area contributed by atoms with Crippen molar-refractivity contribution in [2.24, 2.45) is 12.0 Å². The van der Waals surface area contributed by atoms with Crippen molar-refractivity contribution in [2.45, 2.75) is 19.9 Å². The molecule has 0 fully saturated rings. The molecule has 128 valence electrons. The number of hydrogen-bond acceptors (Lipinski definition) is 4. The Hall–Kier alpha value is -2.70. The van der Waals surface area contributed by atoms with Crippen LogP contribution in [0.2, 0.25) is 0 Å². The molecule has 1 aliphatic heterocycles. The standard InChI is InChI=1S/C17H23N5O2/c1-3-18-17(19-7-6-14-10-21-22(2)11-14)20-9-13-4-5-15-16(8-13)24-12-23-15/h4-5,8,10-11H,3,6-7,9,12H2,1-2H3,(H2,18,19,20). The van der Waals surface area contributed by atoms with Crippen LogP contribution in [-0.4, -0.2) is 35.6 Å². The van der Waals surface area contributed by atoms with Gasteiger partial charge in [0.25, 0.3) is 0 Å². The third kappa shape index (κ3) is 4.18. The highest BCUT2D eigenvalue weighted by Crippen LogP contribution is 2.32. The van der Waals surface area contributed by atoms with Gasteiger partial charge in [-0.15, -0.1) is 0 Å². The molecule has 0 amide bonds. The summed E-state index contributed by atoms with van der Waals surface area (Å²) in [5.74, 6) is 2.39. The Morgan fingerprint density at radius 2 is 2.12 bits per heavy atom. The molecule has 24 heavy (non-hydrogen) atoms. The molecule has 2 N–H and O–H groups in total. The lowest BCUT2D eigenvalue weighted by molar-refractivity contribution is 0.174. The van der Waals surface area contributed by atoms with Gasteiger partial charge in [0.2, 0.25) is 6.79 Å². The van der Waals surface area contributed by atoms with Gasteiger partial charge in [-0.3, -0.25) is 4.68 Å². The first-order chi connectivity index (χ1) is 11.7. The number of aliphatic imine (C=N–C) groups is 1. The topological polar surface area (TPSA) is 72.7 Å². The number of hydrogen-bond donors (Lipinski definition) is 2. The minimum absolute atomic E-state index is 0.292. The highest BCUT2D eigenvalue weighted by Gasteiger charge is 2.12. The maximum absolute atomic E-state index is 5.40. The molecule has 2 heterocycles. The zero-order chi connectivity index (χ0) is 16.8. The summed E-state index contributed by atoms with van der Waals surface area (Å²) in [6.07, 6.45) is 4.82. The summed E-state index contributed by atoms with van der Waals surface area (Å²) < 4.78 is 12.5. The first-order valence-corrected chi connectivity index (χ1v) is 8.13. The van der Waals surface area contributed by atoms with E-state index in [0.29, 0.717) is 13.3 Å². The Morgan fingerprint density at radius 1 is 1.25 bits per heavy atom. The number of guanidine groups is 1. The average Bonchev–Trinajstić information content (AvgIpc) is 3.20. The van der Waals surface area contributed by atoms with Crippen LogP contribution in [0.3, 0.4) is 0 Å². The zero-order valence-corrected chi connectivity index (χ0v) is 14.1. The van der Waals surface area contributed by atoms with Gasteiger partial charge in [0.05, 0.1) is 12.7 Å². The van der Waals surface area contributed by atoms with Gasteiger partial charge in [0, 0.05) is 26.3 Å². The number of nitrogens with one attached hydrogen (secondary N) is 2. The molecule has 0 radical (unpaired) electrons. The normalized spacial score (nSPS) is 13.2. The molecular weight excluding hydrogens is 306 g/mol. The summed E-state index contributed by atoms with van der Waals surface area (Å²) in [5, 5.41) is 10.8. The molecule has 1 aromatic carbocycles. The van der Waals surface area contributed by atoms with Crippen LogP contribution in [0.25, 0.3) is 0 Å². The first-order valence-electron chi connectivity index (χ1n) is 8.13. The molecule has 3 rings (SSSR count). The predicted octanol–water partition coefficient (Wildman–Crippen LogP) is 1.45. The number of fused-ring (bicyclic) bond motifs is 1. The second-order valence-electron chi connectivity index (χ2n) is 5.58. The van der Waals surface area contributed by atoms with E-state index in [4.69, 9.17) is 9.47 Å². The molecule has 1 aromatic heterocycles. The van der Waals surface area contributed by atoms with E-state index >= 15 is 0 Å². The average molecular weight is 329 g/mol. The minimum atomic E-state index is 0.292. The minimum Gasteiger partial charge on any atom is -0.454 e. The highest BCUT2D eigenvalue weighted by molar-refractivity contribution is 5.79. The monoisotopic (exact) mass is 329 g/mol. The Balaban J connectivity index is 1.54. The van der Waals surface area contributed by atoms with Crippen LogP contribution in [0.1, 0.15) is 18.1 Å². The van der Waals surface area contributed by atoms with Crippen LogP contribution < -0.4 is 20.1 Å². The van der Waals surface area contributed by atoms with Crippen molar-refractivity contribution in [1.82, 2.24) is 20.4 Å². The van der Waals surface area contributed by atoms with Crippen LogP contribution in [0.15, 0.2) is 35.6 Å². The summed E-state index contributed by atoms with van der Waals surface area (Å²) in [6, 6.07) is 5.91. The van der Waals surface area contributed by atoms with Crippen molar-refractivity contribution in [3.8, 4) is 11.5 Å². The smallest absolute Gasteiger partial charge is 0.231 e. The van der Waals surface area contributed by atoms with Crippen molar-refractivity contribution < 1.29 is 9.47 Å². The summed E-state index contributed by atoms with van der Waals surface area (Å²) in [7, 11) is 1.92. The molecular formula is C17H23N5O2. The molecule has 2 aromatic rings.